The van der Waals surface area contributed by atoms with Crippen LogP contribution in [0.15, 0.2) is 18.2 Å². The van der Waals surface area contributed by atoms with Crippen molar-refractivity contribution in [2.45, 2.75) is 0 Å². The first-order valence-corrected chi connectivity index (χ1v) is 6.61. The number of carbonyl (C=O) groups excluding carboxylic acids is 1. The summed E-state index contributed by atoms with van der Waals surface area (Å²) < 4.78 is 4.89. The first-order valence-electron chi connectivity index (χ1n) is 4.70. The van der Waals surface area contributed by atoms with Gasteiger partial charge in [-0.15, -0.1) is 0 Å². The third-order valence-electron chi connectivity index (χ3n) is 1.90. The highest BCUT2D eigenvalue weighted by molar-refractivity contribution is 8.00. The van der Waals surface area contributed by atoms with E-state index in [1.165, 1.54) is 11.8 Å². The minimum absolute atomic E-state index is 0.0165. The Morgan fingerprint density at radius 1 is 1.44 bits per heavy atom. The lowest BCUT2D eigenvalue weighted by Crippen LogP contribution is -2.05. The summed E-state index contributed by atoms with van der Waals surface area (Å²) >= 11 is 13.2. The fraction of sp³-hybridized carbons (Fsp3) is 0.364. The molecule has 0 bridgehead atoms. The number of Topliss-reactive ketones (excluding diaryl/α,β-unsaturated/α-hetero) is 1. The minimum atomic E-state index is 0.0165. The number of ketones is 1. The Morgan fingerprint density at radius 2 is 2.19 bits per heavy atom. The predicted octanol–water partition coefficient (Wildman–Crippen LogP) is 3.56. The van der Waals surface area contributed by atoms with Crippen LogP contribution in [-0.4, -0.2) is 31.0 Å². The van der Waals surface area contributed by atoms with Crippen LogP contribution in [0, 0.1) is 0 Å². The number of thioether (sulfide) groups is 1. The zero-order valence-electron chi connectivity index (χ0n) is 8.83. The van der Waals surface area contributed by atoms with E-state index in [-0.39, 0.29) is 5.78 Å². The van der Waals surface area contributed by atoms with Gasteiger partial charge in [0, 0.05) is 23.4 Å². The van der Waals surface area contributed by atoms with Crippen molar-refractivity contribution in [3.63, 3.8) is 0 Å². The molecule has 0 aromatic heterocycles. The molecule has 88 valence electrons. The van der Waals surface area contributed by atoms with Crippen LogP contribution in [-0.2, 0) is 4.74 Å². The summed E-state index contributed by atoms with van der Waals surface area (Å²) in [6.07, 6.45) is 0. The molecule has 0 saturated carbocycles. The topological polar surface area (TPSA) is 26.3 Å². The van der Waals surface area contributed by atoms with Crippen LogP contribution in [0.25, 0.3) is 0 Å². The molecule has 0 heterocycles. The summed E-state index contributed by atoms with van der Waals surface area (Å²) in [5.41, 5.74) is 0.524. The monoisotopic (exact) mass is 278 g/mol. The molecule has 2 nitrogen and oxygen atoms in total. The third-order valence-corrected chi connectivity index (χ3v) is 3.37. The van der Waals surface area contributed by atoms with Crippen molar-refractivity contribution in [1.29, 1.82) is 0 Å². The Kier molecular flexibility index (Phi) is 6.21. The van der Waals surface area contributed by atoms with E-state index in [4.69, 9.17) is 27.9 Å². The number of benzene rings is 1. The lowest BCUT2D eigenvalue weighted by atomic mass is 10.1. The normalized spacial score (nSPS) is 10.4. The summed E-state index contributed by atoms with van der Waals surface area (Å²) in [5.74, 6) is 1.22. The molecule has 1 aromatic carbocycles. The van der Waals surface area contributed by atoms with Crippen LogP contribution in [0.5, 0.6) is 0 Å². The molecular formula is C11H12Cl2O2S. The Hall–Kier alpha value is -0.220. The molecule has 0 N–H and O–H groups in total. The maximum atomic E-state index is 11.8. The lowest BCUT2D eigenvalue weighted by molar-refractivity contribution is 0.102. The van der Waals surface area contributed by atoms with E-state index in [1.807, 2.05) is 0 Å². The van der Waals surface area contributed by atoms with Gasteiger partial charge in [0.1, 0.15) is 0 Å². The molecule has 5 heteroatoms. The van der Waals surface area contributed by atoms with Gasteiger partial charge in [-0.2, -0.15) is 11.8 Å². The molecule has 0 unspecified atom stereocenters. The lowest BCUT2D eigenvalue weighted by Gasteiger charge is -2.03. The number of carbonyl (C=O) groups is 1. The first-order chi connectivity index (χ1) is 7.65. The number of hydrogen-bond acceptors (Lipinski definition) is 3. The fourth-order valence-corrected chi connectivity index (χ4v) is 2.38. The van der Waals surface area contributed by atoms with Gasteiger partial charge in [0.2, 0.25) is 0 Å². The summed E-state index contributed by atoms with van der Waals surface area (Å²) in [4.78, 5) is 11.8. The standard InChI is InChI=1S/C11H12Cl2O2S/c1-15-4-5-16-7-11(14)9-3-2-8(12)6-10(9)13/h2-3,6H,4-5,7H2,1H3. The Morgan fingerprint density at radius 3 is 2.81 bits per heavy atom. The Balaban J connectivity index is 2.53. The molecule has 0 fully saturated rings. The van der Waals surface area contributed by atoms with Crippen LogP contribution in [0.4, 0.5) is 0 Å². The van der Waals surface area contributed by atoms with Crippen molar-refractivity contribution in [2.24, 2.45) is 0 Å². The highest BCUT2D eigenvalue weighted by Crippen LogP contribution is 2.22. The summed E-state index contributed by atoms with van der Waals surface area (Å²) in [7, 11) is 1.64. The van der Waals surface area contributed by atoms with E-state index in [0.29, 0.717) is 28.0 Å². The minimum Gasteiger partial charge on any atom is -0.384 e. The highest BCUT2D eigenvalue weighted by Gasteiger charge is 2.10. The van der Waals surface area contributed by atoms with E-state index >= 15 is 0 Å². The van der Waals surface area contributed by atoms with E-state index in [0.717, 1.165) is 5.75 Å². The first kappa shape index (κ1) is 13.8. The van der Waals surface area contributed by atoms with Gasteiger partial charge < -0.3 is 4.74 Å². The summed E-state index contributed by atoms with van der Waals surface area (Å²) in [5, 5.41) is 0.943. The molecule has 0 amide bonds. The fourth-order valence-electron chi connectivity index (χ4n) is 1.10. The van der Waals surface area contributed by atoms with Crippen molar-refractivity contribution in [2.75, 3.05) is 25.2 Å². The SMILES string of the molecule is COCCSCC(=O)c1ccc(Cl)cc1Cl. The molecular weight excluding hydrogens is 267 g/mol. The molecule has 1 aromatic rings. The van der Waals surface area contributed by atoms with Crippen LogP contribution < -0.4 is 0 Å². The highest BCUT2D eigenvalue weighted by atomic mass is 35.5. The van der Waals surface area contributed by atoms with Gasteiger partial charge in [0.25, 0.3) is 0 Å². The van der Waals surface area contributed by atoms with Gasteiger partial charge in [0.15, 0.2) is 5.78 Å². The molecule has 0 aliphatic heterocycles. The van der Waals surface area contributed by atoms with E-state index in [9.17, 15) is 4.79 Å². The van der Waals surface area contributed by atoms with Crippen LogP contribution in [0.2, 0.25) is 10.0 Å². The number of halogens is 2. The summed E-state index contributed by atoms with van der Waals surface area (Å²) in [6, 6.07) is 4.90. The van der Waals surface area contributed by atoms with Gasteiger partial charge in [-0.05, 0) is 18.2 Å². The van der Waals surface area contributed by atoms with Crippen molar-refractivity contribution in [3.8, 4) is 0 Å². The molecule has 0 spiro atoms. The van der Waals surface area contributed by atoms with E-state index < -0.39 is 0 Å². The number of methoxy groups -OCH3 is 1. The number of hydrogen-bond donors (Lipinski definition) is 0. The molecule has 0 aliphatic rings. The molecule has 0 radical (unpaired) electrons. The second-order valence-corrected chi connectivity index (χ2v) is 5.04. The van der Waals surface area contributed by atoms with E-state index in [2.05, 4.69) is 0 Å². The second kappa shape index (κ2) is 7.17. The van der Waals surface area contributed by atoms with E-state index in [1.54, 1.807) is 25.3 Å². The second-order valence-electron chi connectivity index (χ2n) is 3.09. The maximum Gasteiger partial charge on any atom is 0.174 e. The van der Waals surface area contributed by atoms with Gasteiger partial charge in [-0.25, -0.2) is 0 Å². The molecule has 0 saturated heterocycles. The number of rotatable bonds is 6. The maximum absolute atomic E-state index is 11.8. The van der Waals surface area contributed by atoms with Gasteiger partial charge in [0.05, 0.1) is 17.4 Å². The molecule has 0 atom stereocenters. The largest absolute Gasteiger partial charge is 0.384 e. The Bertz CT molecular complexity index is 369. The molecule has 1 rings (SSSR count). The molecule has 16 heavy (non-hydrogen) atoms. The van der Waals surface area contributed by atoms with Crippen LogP contribution in [0.1, 0.15) is 10.4 Å². The predicted molar refractivity (Wildman–Crippen MR) is 70.0 cm³/mol. The zero-order valence-corrected chi connectivity index (χ0v) is 11.2. The Labute approximate surface area is 109 Å². The van der Waals surface area contributed by atoms with Crippen molar-refractivity contribution < 1.29 is 9.53 Å². The smallest absolute Gasteiger partial charge is 0.174 e. The van der Waals surface area contributed by atoms with Crippen LogP contribution >= 0.6 is 35.0 Å². The van der Waals surface area contributed by atoms with Crippen LogP contribution in [0.3, 0.4) is 0 Å². The van der Waals surface area contributed by atoms with Crippen molar-refractivity contribution in [3.05, 3.63) is 33.8 Å². The van der Waals surface area contributed by atoms with Crippen molar-refractivity contribution in [1.82, 2.24) is 0 Å². The number of ether oxygens (including phenoxy) is 1. The van der Waals surface area contributed by atoms with Crippen molar-refractivity contribution >= 4 is 40.7 Å². The van der Waals surface area contributed by atoms with Gasteiger partial charge in [-0.1, -0.05) is 23.2 Å². The molecule has 0 aliphatic carbocycles. The average molecular weight is 279 g/mol. The quantitative estimate of drug-likeness (QED) is 0.588. The average Bonchev–Trinajstić information content (AvgIpc) is 2.24. The summed E-state index contributed by atoms with van der Waals surface area (Å²) in [6.45, 7) is 0.645. The van der Waals surface area contributed by atoms with Gasteiger partial charge in [-0.3, -0.25) is 4.79 Å². The van der Waals surface area contributed by atoms with Gasteiger partial charge >= 0.3 is 0 Å². The third kappa shape index (κ3) is 4.34. The zero-order chi connectivity index (χ0) is 12.0.